The van der Waals surface area contributed by atoms with Gasteiger partial charge in [-0.05, 0) is 36.5 Å². The summed E-state index contributed by atoms with van der Waals surface area (Å²) in [5, 5.41) is 26.1. The van der Waals surface area contributed by atoms with Crippen molar-refractivity contribution < 1.29 is 15.0 Å². The first-order valence-corrected chi connectivity index (χ1v) is 7.75. The Labute approximate surface area is 134 Å². The van der Waals surface area contributed by atoms with Crippen LogP contribution in [0.1, 0.15) is 30.0 Å². The minimum absolute atomic E-state index is 0.0778. The Bertz CT molecular complexity index is 675. The summed E-state index contributed by atoms with van der Waals surface area (Å²) in [4.78, 5) is 12.4. The number of aromatic hydroxyl groups is 1. The van der Waals surface area contributed by atoms with E-state index in [0.717, 1.165) is 11.1 Å². The number of benzene rings is 1. The first kappa shape index (κ1) is 15.6. The van der Waals surface area contributed by atoms with E-state index in [1.54, 1.807) is 35.1 Å². The highest BCUT2D eigenvalue weighted by Gasteiger charge is 2.36. The van der Waals surface area contributed by atoms with Crippen molar-refractivity contribution in [2.24, 2.45) is 13.0 Å². The number of carbonyl (C=O) groups is 1. The molecule has 2 aromatic rings. The molecule has 0 bridgehead atoms. The number of rotatable bonds is 5. The highest BCUT2D eigenvalue weighted by molar-refractivity contribution is 5.79. The lowest BCUT2D eigenvalue weighted by Crippen LogP contribution is -2.41. The van der Waals surface area contributed by atoms with Crippen LogP contribution in [-0.4, -0.2) is 32.0 Å². The van der Waals surface area contributed by atoms with E-state index in [1.165, 1.54) is 0 Å². The second kappa shape index (κ2) is 6.42. The molecule has 1 amide bonds. The topological polar surface area (TPSA) is 87.4 Å². The van der Waals surface area contributed by atoms with Gasteiger partial charge in [-0.3, -0.25) is 9.48 Å². The van der Waals surface area contributed by atoms with Gasteiger partial charge in [0.2, 0.25) is 5.91 Å². The Balaban J connectivity index is 1.68. The zero-order valence-corrected chi connectivity index (χ0v) is 13.0. The van der Waals surface area contributed by atoms with Crippen LogP contribution in [0.3, 0.4) is 0 Å². The lowest BCUT2D eigenvalue weighted by atomic mass is 9.75. The Hall–Kier alpha value is -2.34. The normalized spacial score (nSPS) is 21.5. The summed E-state index contributed by atoms with van der Waals surface area (Å²) in [5.74, 6) is 0.342. The summed E-state index contributed by atoms with van der Waals surface area (Å²) in [6.07, 6.45) is 5.03. The lowest BCUT2D eigenvalue weighted by molar-refractivity contribution is -0.122. The Kier molecular flexibility index (Phi) is 4.34. The van der Waals surface area contributed by atoms with E-state index in [-0.39, 0.29) is 36.1 Å². The minimum atomic E-state index is -0.270. The molecule has 1 unspecified atom stereocenters. The maximum atomic E-state index is 12.4. The van der Waals surface area contributed by atoms with Crippen molar-refractivity contribution in [3.8, 4) is 5.75 Å². The molecule has 0 spiro atoms. The molecule has 122 valence electrons. The molecule has 1 aromatic heterocycles. The van der Waals surface area contributed by atoms with Crippen molar-refractivity contribution in [2.45, 2.75) is 31.4 Å². The molecule has 1 aliphatic carbocycles. The summed E-state index contributed by atoms with van der Waals surface area (Å²) >= 11 is 0. The molecule has 0 saturated heterocycles. The summed E-state index contributed by atoms with van der Waals surface area (Å²) in [5.41, 5.74) is 1.81. The molecule has 6 nitrogen and oxygen atoms in total. The number of nitrogens with zero attached hydrogens (tertiary/aromatic N) is 2. The summed E-state index contributed by atoms with van der Waals surface area (Å²) in [6.45, 7) is 0. The fourth-order valence-electron chi connectivity index (χ4n) is 3.00. The number of carbonyl (C=O) groups excluding carboxylic acids is 1. The summed E-state index contributed by atoms with van der Waals surface area (Å²) in [7, 11) is 1.84. The zero-order chi connectivity index (χ0) is 16.4. The van der Waals surface area contributed by atoms with E-state index in [9.17, 15) is 15.0 Å². The molecule has 23 heavy (non-hydrogen) atoms. The van der Waals surface area contributed by atoms with Gasteiger partial charge in [0.05, 0.1) is 24.8 Å². The fourth-order valence-corrected chi connectivity index (χ4v) is 3.00. The maximum Gasteiger partial charge on any atom is 0.224 e. The molecule has 3 N–H and O–H groups in total. The Morgan fingerprint density at radius 1 is 1.39 bits per heavy atom. The smallest absolute Gasteiger partial charge is 0.224 e. The number of phenolic OH excluding ortho intramolecular Hbond substituents is 1. The Morgan fingerprint density at radius 3 is 2.65 bits per heavy atom. The molecule has 0 aliphatic heterocycles. The number of aliphatic hydroxyl groups excluding tert-OH is 1. The van der Waals surface area contributed by atoms with Crippen molar-refractivity contribution in [1.29, 1.82) is 0 Å². The van der Waals surface area contributed by atoms with Crippen LogP contribution >= 0.6 is 0 Å². The molecule has 1 heterocycles. The van der Waals surface area contributed by atoms with Crippen molar-refractivity contribution in [2.75, 3.05) is 0 Å². The van der Waals surface area contributed by atoms with Crippen LogP contribution in [0, 0.1) is 5.92 Å². The molecule has 1 aromatic carbocycles. The lowest BCUT2D eigenvalue weighted by Gasteiger charge is -2.37. The second-order valence-corrected chi connectivity index (χ2v) is 6.22. The average molecular weight is 315 g/mol. The molecule has 1 saturated carbocycles. The number of nitrogens with one attached hydrogen (secondary N) is 1. The maximum absolute atomic E-state index is 12.4. The van der Waals surface area contributed by atoms with Crippen LogP contribution in [0.5, 0.6) is 5.75 Å². The van der Waals surface area contributed by atoms with Gasteiger partial charge in [-0.2, -0.15) is 5.10 Å². The van der Waals surface area contributed by atoms with Gasteiger partial charge in [-0.1, -0.05) is 12.1 Å². The number of aliphatic hydroxyl groups is 1. The largest absolute Gasteiger partial charge is 0.508 e. The van der Waals surface area contributed by atoms with Crippen LogP contribution < -0.4 is 5.32 Å². The van der Waals surface area contributed by atoms with Gasteiger partial charge in [0.25, 0.3) is 0 Å². The molecule has 1 aliphatic rings. The van der Waals surface area contributed by atoms with Crippen molar-refractivity contribution in [3.05, 3.63) is 47.8 Å². The molecule has 1 fully saturated rings. The third-order valence-electron chi connectivity index (χ3n) is 4.32. The summed E-state index contributed by atoms with van der Waals surface area (Å²) in [6, 6.07) is 6.49. The van der Waals surface area contributed by atoms with E-state index >= 15 is 0 Å². The van der Waals surface area contributed by atoms with Crippen LogP contribution in [-0.2, 0) is 18.3 Å². The van der Waals surface area contributed by atoms with E-state index in [4.69, 9.17) is 0 Å². The highest BCUT2D eigenvalue weighted by Crippen LogP contribution is 2.37. The second-order valence-electron chi connectivity index (χ2n) is 6.22. The van der Waals surface area contributed by atoms with Crippen LogP contribution in [0.25, 0.3) is 0 Å². The third kappa shape index (κ3) is 3.71. The van der Waals surface area contributed by atoms with Gasteiger partial charge in [0.1, 0.15) is 5.75 Å². The number of hydrogen-bond donors (Lipinski definition) is 3. The zero-order valence-electron chi connectivity index (χ0n) is 13.0. The standard InChI is InChI=1S/C17H21N3O3/c1-20-10-13(9-18-20)17(12-7-15(22)8-12)19-16(23)6-11-2-4-14(21)5-3-11/h2-5,9-10,12,15,17,21-22H,6-8H2,1H3,(H,19,23). The first-order valence-electron chi connectivity index (χ1n) is 7.75. The number of phenols is 1. The highest BCUT2D eigenvalue weighted by atomic mass is 16.3. The van der Waals surface area contributed by atoms with E-state index in [1.807, 2.05) is 13.2 Å². The van der Waals surface area contributed by atoms with Crippen LogP contribution in [0.15, 0.2) is 36.7 Å². The number of hydrogen-bond acceptors (Lipinski definition) is 4. The summed E-state index contributed by atoms with van der Waals surface area (Å²) < 4.78 is 1.71. The molecular weight excluding hydrogens is 294 g/mol. The SMILES string of the molecule is Cn1cc(C(NC(=O)Cc2ccc(O)cc2)C2CC(O)C2)cn1. The average Bonchev–Trinajstić information content (AvgIpc) is 2.91. The van der Waals surface area contributed by atoms with Gasteiger partial charge < -0.3 is 15.5 Å². The number of amides is 1. The van der Waals surface area contributed by atoms with Crippen LogP contribution in [0.4, 0.5) is 0 Å². The van der Waals surface area contributed by atoms with E-state index in [0.29, 0.717) is 12.8 Å². The van der Waals surface area contributed by atoms with Crippen molar-refractivity contribution in [3.63, 3.8) is 0 Å². The monoisotopic (exact) mass is 315 g/mol. The Morgan fingerprint density at radius 2 is 2.09 bits per heavy atom. The molecule has 1 atom stereocenters. The quantitative estimate of drug-likeness (QED) is 0.776. The predicted octanol–water partition coefficient (Wildman–Crippen LogP) is 1.30. The minimum Gasteiger partial charge on any atom is -0.508 e. The molecule has 3 rings (SSSR count). The first-order chi connectivity index (χ1) is 11.0. The van der Waals surface area contributed by atoms with Gasteiger partial charge >= 0.3 is 0 Å². The van der Waals surface area contributed by atoms with Crippen molar-refractivity contribution in [1.82, 2.24) is 15.1 Å². The van der Waals surface area contributed by atoms with E-state index in [2.05, 4.69) is 10.4 Å². The van der Waals surface area contributed by atoms with Crippen LogP contribution in [0.2, 0.25) is 0 Å². The van der Waals surface area contributed by atoms with Gasteiger partial charge in [-0.15, -0.1) is 0 Å². The molecular formula is C17H21N3O3. The van der Waals surface area contributed by atoms with Gasteiger partial charge in [0, 0.05) is 18.8 Å². The fraction of sp³-hybridized carbons (Fsp3) is 0.412. The molecule has 0 radical (unpaired) electrons. The molecule has 6 heteroatoms. The number of aromatic nitrogens is 2. The third-order valence-corrected chi connectivity index (χ3v) is 4.32. The van der Waals surface area contributed by atoms with Crippen molar-refractivity contribution >= 4 is 5.91 Å². The van der Waals surface area contributed by atoms with Gasteiger partial charge in [-0.25, -0.2) is 0 Å². The number of aryl methyl sites for hydroxylation is 1. The van der Waals surface area contributed by atoms with Gasteiger partial charge in [0.15, 0.2) is 0 Å². The predicted molar refractivity (Wildman–Crippen MR) is 84.6 cm³/mol. The van der Waals surface area contributed by atoms with E-state index < -0.39 is 0 Å².